The number of ether oxygens (including phenoxy) is 3. The second kappa shape index (κ2) is 21.9. The maximum Gasteiger partial charge on any atom is 0.415 e. The number of rotatable bonds is 20. The van der Waals surface area contributed by atoms with E-state index < -0.39 is 59.3 Å². The molecule has 16 heteroatoms. The van der Waals surface area contributed by atoms with E-state index in [1.54, 1.807) is 11.8 Å². The van der Waals surface area contributed by atoms with E-state index in [-0.39, 0.29) is 92.7 Å². The molecule has 5 N–H and O–H groups in total. The summed E-state index contributed by atoms with van der Waals surface area (Å²) in [5.74, 6) is -3.56. The molecule has 0 aromatic heterocycles. The van der Waals surface area contributed by atoms with Gasteiger partial charge in [0.1, 0.15) is 40.2 Å². The molecule has 3 amide bonds. The van der Waals surface area contributed by atoms with Gasteiger partial charge in [-0.2, -0.15) is 0 Å². The van der Waals surface area contributed by atoms with Gasteiger partial charge in [0.25, 0.3) is 11.8 Å². The molecule has 390 valence electrons. The Labute approximate surface area is 422 Å². The minimum absolute atomic E-state index is 0.00553. The molecule has 5 aliphatic heterocycles. The summed E-state index contributed by atoms with van der Waals surface area (Å²) in [5.41, 5.74) is 4.98. The number of likely N-dealkylation sites (tertiary alicyclic amines) is 1. The van der Waals surface area contributed by atoms with Gasteiger partial charge >= 0.3 is 18.0 Å². The predicted molar refractivity (Wildman–Crippen MR) is 269 cm³/mol. The van der Waals surface area contributed by atoms with Crippen LogP contribution >= 0.6 is 0 Å². The van der Waals surface area contributed by atoms with Crippen LogP contribution in [0.2, 0.25) is 0 Å². The summed E-state index contributed by atoms with van der Waals surface area (Å²) in [6.07, 6.45) is 12.1. The SMILES string of the molecule is CC(C)=CCC/C(C)=C/CC[C@@]1(C)Oc2c(c(O)cc3c2CN(CCC[C@@H](C(=O)O)N2Cc4c(cc(OC(=O)N5CC(C(=O)O)C5)c5c4O[C@](C)(CC/C=C(\C)CCC=C(C)C)[C@@H](O)C5)C2=O)C3=O)C[C@@H]1O. The number of carboxylic acids is 2. The molecule has 5 aliphatic rings. The molecular weight excluding hydrogens is 923 g/mol. The van der Waals surface area contributed by atoms with Crippen LogP contribution in [-0.4, -0.2) is 119 Å². The van der Waals surface area contributed by atoms with Crippen LogP contribution in [0.3, 0.4) is 0 Å². The summed E-state index contributed by atoms with van der Waals surface area (Å²) < 4.78 is 19.1. The van der Waals surface area contributed by atoms with E-state index in [1.165, 1.54) is 44.2 Å². The summed E-state index contributed by atoms with van der Waals surface area (Å²) in [4.78, 5) is 70.3. The Bertz CT molecular complexity index is 2600. The minimum Gasteiger partial charge on any atom is -0.508 e. The van der Waals surface area contributed by atoms with Crippen LogP contribution in [0, 0.1) is 5.92 Å². The van der Waals surface area contributed by atoms with E-state index in [0.717, 1.165) is 25.7 Å². The lowest BCUT2D eigenvalue weighted by molar-refractivity contribution is -0.146. The van der Waals surface area contributed by atoms with E-state index in [4.69, 9.17) is 14.2 Å². The maximum atomic E-state index is 14.4. The number of allylic oxidation sites excluding steroid dienone is 8. The topological polar surface area (TPSA) is 224 Å². The summed E-state index contributed by atoms with van der Waals surface area (Å²) in [5, 5.41) is 54.1. The smallest absolute Gasteiger partial charge is 0.415 e. The molecule has 1 fully saturated rings. The number of nitrogens with zero attached hydrogens (tertiary/aromatic N) is 3. The first kappa shape index (κ1) is 53.7. The van der Waals surface area contributed by atoms with Gasteiger partial charge < -0.3 is 54.4 Å². The molecule has 1 saturated heterocycles. The highest BCUT2D eigenvalue weighted by Crippen LogP contribution is 2.49. The number of amides is 3. The number of fused-ring (bicyclic) bond motifs is 6. The number of carbonyl (C=O) groups excluding carboxylic acids is 3. The fraction of sp³-hybridized carbons (Fsp3) is 0.554. The van der Waals surface area contributed by atoms with Crippen molar-refractivity contribution < 1.29 is 63.7 Å². The van der Waals surface area contributed by atoms with Crippen LogP contribution in [0.4, 0.5) is 4.79 Å². The van der Waals surface area contributed by atoms with Crippen molar-refractivity contribution in [2.24, 2.45) is 5.92 Å². The molecule has 2 aromatic rings. The summed E-state index contributed by atoms with van der Waals surface area (Å²) in [6, 6.07) is 1.47. The van der Waals surface area contributed by atoms with Crippen LogP contribution in [0.1, 0.15) is 163 Å². The van der Waals surface area contributed by atoms with Gasteiger partial charge in [0, 0.05) is 54.7 Å². The Morgan fingerprint density at radius 1 is 0.736 bits per heavy atom. The van der Waals surface area contributed by atoms with Crippen molar-refractivity contribution in [2.45, 2.75) is 175 Å². The zero-order chi connectivity index (χ0) is 52.4. The molecule has 0 unspecified atom stereocenters. The number of carboxylic acid groups (broad SMARTS) is 2. The summed E-state index contributed by atoms with van der Waals surface area (Å²) in [6.45, 7) is 16.1. The Kier molecular flexibility index (Phi) is 16.3. The Hall–Kier alpha value is -6.13. The molecule has 0 spiro atoms. The van der Waals surface area contributed by atoms with Crippen molar-refractivity contribution in [1.29, 1.82) is 0 Å². The molecule has 72 heavy (non-hydrogen) atoms. The zero-order valence-corrected chi connectivity index (χ0v) is 43.1. The number of aromatic hydroxyl groups is 1. The van der Waals surface area contributed by atoms with E-state index in [2.05, 4.69) is 65.8 Å². The van der Waals surface area contributed by atoms with Crippen molar-refractivity contribution >= 4 is 29.8 Å². The third-order valence-corrected chi connectivity index (χ3v) is 15.2. The van der Waals surface area contributed by atoms with Gasteiger partial charge in [-0.3, -0.25) is 14.4 Å². The number of aliphatic carboxylic acids is 2. The van der Waals surface area contributed by atoms with E-state index in [0.29, 0.717) is 53.7 Å². The largest absolute Gasteiger partial charge is 0.508 e. The van der Waals surface area contributed by atoms with E-state index in [9.17, 15) is 49.5 Å². The first-order valence-electron chi connectivity index (χ1n) is 25.4. The van der Waals surface area contributed by atoms with Crippen LogP contribution in [0.25, 0.3) is 0 Å². The van der Waals surface area contributed by atoms with Crippen molar-refractivity contribution in [2.75, 3.05) is 19.6 Å². The van der Waals surface area contributed by atoms with Gasteiger partial charge in [0.05, 0.1) is 42.3 Å². The molecule has 16 nitrogen and oxygen atoms in total. The Balaban J connectivity index is 1.06. The summed E-state index contributed by atoms with van der Waals surface area (Å²) >= 11 is 0. The third kappa shape index (κ3) is 11.5. The van der Waals surface area contributed by atoms with Crippen LogP contribution < -0.4 is 14.2 Å². The molecular formula is C56H73N3O13. The number of aliphatic hydroxyl groups excluding tert-OH is 2. The highest BCUT2D eigenvalue weighted by atomic mass is 16.6. The minimum atomic E-state index is -1.33. The highest BCUT2D eigenvalue weighted by molar-refractivity contribution is 6.02. The first-order chi connectivity index (χ1) is 34.0. The molecule has 0 aliphatic carbocycles. The molecule has 7 rings (SSSR count). The zero-order valence-electron chi connectivity index (χ0n) is 43.1. The first-order valence-corrected chi connectivity index (χ1v) is 25.4. The number of hydrogen-bond acceptors (Lipinski definition) is 11. The fourth-order valence-electron chi connectivity index (χ4n) is 10.4. The number of benzene rings is 2. The Morgan fingerprint density at radius 2 is 1.26 bits per heavy atom. The second-order valence-corrected chi connectivity index (χ2v) is 21.5. The standard InChI is InChI=1S/C56H73N3O13/c1-32(2)14-9-16-34(5)18-11-21-55(7)46(61)26-39-44(60)24-37-41(48(39)71-55)30-57(50(37)63)23-13-20-43(53(67)68)59-31-42-38(51(59)64)25-45(70-54(69)58-28-36(29-58)52(65)66)40-27-47(62)56(8,72-49(40)42)22-12-19-35(6)17-10-15-33(3)4/h14-15,18-19,24-25,36,43,46-47,60-62H,9-13,16-17,20-23,26-31H2,1-8H3,(H,65,66)(H,67,68)/b34-18+,35-19+/t43-,46-,47-,55+,56+/m0/s1. The predicted octanol–water partition coefficient (Wildman–Crippen LogP) is 8.81. The molecule has 2 aromatic carbocycles. The van der Waals surface area contributed by atoms with Crippen LogP contribution in [0.5, 0.6) is 23.0 Å². The molecule has 0 radical (unpaired) electrons. The van der Waals surface area contributed by atoms with Gasteiger partial charge in [-0.05, 0) is 132 Å². The molecule has 5 atom stereocenters. The monoisotopic (exact) mass is 996 g/mol. The Morgan fingerprint density at radius 3 is 1.81 bits per heavy atom. The maximum absolute atomic E-state index is 14.4. The van der Waals surface area contributed by atoms with Crippen molar-refractivity contribution in [3.05, 3.63) is 92.1 Å². The van der Waals surface area contributed by atoms with Crippen molar-refractivity contribution in [1.82, 2.24) is 14.7 Å². The molecule has 0 saturated carbocycles. The number of phenols is 1. The number of phenolic OH excluding ortho intramolecular Hbond substituents is 1. The normalized spacial score (nSPS) is 23.0. The third-order valence-electron chi connectivity index (χ3n) is 15.2. The number of hydrogen-bond donors (Lipinski definition) is 5. The van der Waals surface area contributed by atoms with E-state index in [1.807, 2.05) is 6.92 Å². The fourth-order valence-corrected chi connectivity index (χ4v) is 10.4. The number of carbonyl (C=O) groups is 5. The number of aliphatic hydroxyl groups is 2. The molecule has 5 heterocycles. The van der Waals surface area contributed by atoms with Gasteiger partial charge in [0.2, 0.25) is 0 Å². The van der Waals surface area contributed by atoms with Crippen molar-refractivity contribution in [3.8, 4) is 23.0 Å². The van der Waals surface area contributed by atoms with E-state index >= 15 is 0 Å². The lowest BCUT2D eigenvalue weighted by atomic mass is 9.84. The second-order valence-electron chi connectivity index (χ2n) is 21.5. The quantitative estimate of drug-likeness (QED) is 0.0784. The average molecular weight is 996 g/mol. The van der Waals surface area contributed by atoms with Crippen LogP contribution in [0.15, 0.2) is 58.7 Å². The van der Waals surface area contributed by atoms with Gasteiger partial charge in [-0.25, -0.2) is 9.59 Å². The average Bonchev–Trinajstić information content (AvgIpc) is 3.77. The van der Waals surface area contributed by atoms with Gasteiger partial charge in [-0.1, -0.05) is 46.6 Å². The van der Waals surface area contributed by atoms with Gasteiger partial charge in [-0.15, -0.1) is 0 Å². The van der Waals surface area contributed by atoms with Gasteiger partial charge in [0.15, 0.2) is 0 Å². The van der Waals surface area contributed by atoms with Crippen molar-refractivity contribution in [3.63, 3.8) is 0 Å². The molecule has 0 bridgehead atoms. The van der Waals surface area contributed by atoms with Crippen LogP contribution in [-0.2, 0) is 35.5 Å². The lowest BCUT2D eigenvalue weighted by Crippen LogP contribution is -2.54. The lowest BCUT2D eigenvalue weighted by Gasteiger charge is -2.41. The highest BCUT2D eigenvalue weighted by Gasteiger charge is 2.48. The summed E-state index contributed by atoms with van der Waals surface area (Å²) in [7, 11) is 0.